The van der Waals surface area contributed by atoms with Gasteiger partial charge in [0.05, 0.1) is 26.1 Å². The molecule has 2 bridgehead atoms. The van der Waals surface area contributed by atoms with Gasteiger partial charge in [-0.05, 0) is 25.2 Å². The first-order chi connectivity index (χ1) is 9.15. The van der Waals surface area contributed by atoms with Crippen LogP contribution in [0.5, 0.6) is 0 Å². The van der Waals surface area contributed by atoms with Gasteiger partial charge in [-0.2, -0.15) is 0 Å². The van der Waals surface area contributed by atoms with Crippen LogP contribution in [0, 0.1) is 11.8 Å². The summed E-state index contributed by atoms with van der Waals surface area (Å²) in [5.41, 5.74) is 0. The summed E-state index contributed by atoms with van der Waals surface area (Å²) in [7, 11) is 0. The van der Waals surface area contributed by atoms with Crippen LogP contribution in [0.15, 0.2) is 0 Å². The van der Waals surface area contributed by atoms with Gasteiger partial charge in [0.25, 0.3) is 0 Å². The molecule has 0 aromatic heterocycles. The molecule has 0 aliphatic heterocycles. The van der Waals surface area contributed by atoms with E-state index in [2.05, 4.69) is 0 Å². The summed E-state index contributed by atoms with van der Waals surface area (Å²) in [6.07, 6.45) is 2.21. The van der Waals surface area contributed by atoms with Gasteiger partial charge in [0.2, 0.25) is 0 Å². The highest BCUT2D eigenvalue weighted by atomic mass is 16.6. The lowest BCUT2D eigenvalue weighted by molar-refractivity contribution is -0.156. The molecule has 2 aliphatic rings. The molecule has 2 rings (SSSR count). The molecule has 0 aromatic carbocycles. The summed E-state index contributed by atoms with van der Waals surface area (Å²) in [5.74, 6) is -0.484. The van der Waals surface area contributed by atoms with Crippen molar-refractivity contribution in [1.29, 1.82) is 0 Å². The Morgan fingerprint density at radius 1 is 1.00 bits per heavy atom. The van der Waals surface area contributed by atoms with E-state index in [-0.39, 0.29) is 50.1 Å². The Hall–Kier alpha value is -1.14. The monoisotopic (exact) mass is 272 g/mol. The molecule has 19 heavy (non-hydrogen) atoms. The number of hydrogen-bond acceptors (Lipinski definition) is 6. The molecule has 6 heteroatoms. The van der Waals surface area contributed by atoms with Crippen molar-refractivity contribution in [2.75, 3.05) is 13.2 Å². The van der Waals surface area contributed by atoms with Crippen molar-refractivity contribution in [3.05, 3.63) is 0 Å². The van der Waals surface area contributed by atoms with Gasteiger partial charge in [-0.1, -0.05) is 0 Å². The Morgan fingerprint density at radius 2 is 1.63 bits per heavy atom. The van der Waals surface area contributed by atoms with Crippen LogP contribution in [-0.2, 0) is 19.1 Å². The average molecular weight is 272 g/mol. The van der Waals surface area contributed by atoms with Crippen molar-refractivity contribution in [3.8, 4) is 0 Å². The van der Waals surface area contributed by atoms with Crippen LogP contribution in [0.3, 0.4) is 0 Å². The summed E-state index contributed by atoms with van der Waals surface area (Å²) < 4.78 is 10.7. The van der Waals surface area contributed by atoms with Crippen LogP contribution in [0.25, 0.3) is 0 Å². The summed E-state index contributed by atoms with van der Waals surface area (Å²) in [6, 6.07) is 0. The fourth-order valence-corrected chi connectivity index (χ4v) is 3.15. The molecule has 6 nitrogen and oxygen atoms in total. The lowest BCUT2D eigenvalue weighted by Crippen LogP contribution is -2.29. The molecular formula is C13H20O6. The van der Waals surface area contributed by atoms with E-state index in [4.69, 9.17) is 19.7 Å². The molecule has 0 aromatic rings. The van der Waals surface area contributed by atoms with Crippen molar-refractivity contribution in [3.63, 3.8) is 0 Å². The van der Waals surface area contributed by atoms with E-state index in [1.54, 1.807) is 0 Å². The van der Waals surface area contributed by atoms with E-state index < -0.39 is 11.9 Å². The van der Waals surface area contributed by atoms with Crippen molar-refractivity contribution in [1.82, 2.24) is 0 Å². The molecule has 2 saturated carbocycles. The van der Waals surface area contributed by atoms with Gasteiger partial charge in [0.1, 0.15) is 12.2 Å². The van der Waals surface area contributed by atoms with Gasteiger partial charge < -0.3 is 19.7 Å². The highest BCUT2D eigenvalue weighted by Crippen LogP contribution is 2.48. The van der Waals surface area contributed by atoms with Crippen LogP contribution in [-0.4, -0.2) is 47.6 Å². The molecule has 0 spiro atoms. The topological polar surface area (TPSA) is 93.1 Å². The number of carbonyl (C=O) groups is 2. The molecule has 2 aliphatic carbocycles. The minimum atomic E-state index is -0.402. The number of ether oxygens (including phenoxy) is 2. The quantitative estimate of drug-likeness (QED) is 0.661. The Kier molecular flexibility index (Phi) is 4.76. The molecule has 2 N–H and O–H groups in total. The first-order valence-electron chi connectivity index (χ1n) is 6.76. The van der Waals surface area contributed by atoms with Crippen molar-refractivity contribution in [2.24, 2.45) is 11.8 Å². The summed E-state index contributed by atoms with van der Waals surface area (Å²) in [5, 5.41) is 17.4. The molecule has 108 valence electrons. The predicted octanol–water partition coefficient (Wildman–Crippen LogP) is 0.00470. The number of carbonyl (C=O) groups excluding carboxylic acids is 2. The summed E-state index contributed by atoms with van der Waals surface area (Å²) >= 11 is 0. The standard InChI is InChI=1S/C13H20O6/c14-5-3-11(16)18-10-7-8-1-2-9(10)13(8)19-12(17)4-6-15/h8-10,13-15H,1-7H2. The van der Waals surface area contributed by atoms with Crippen molar-refractivity contribution < 1.29 is 29.3 Å². The molecular weight excluding hydrogens is 252 g/mol. The van der Waals surface area contributed by atoms with Gasteiger partial charge >= 0.3 is 11.9 Å². The third-order valence-corrected chi connectivity index (χ3v) is 3.95. The van der Waals surface area contributed by atoms with E-state index in [0.717, 1.165) is 19.3 Å². The molecule has 4 atom stereocenters. The SMILES string of the molecule is O=C(CCO)OC1CC2CCC1C2OC(=O)CCO. The Bertz CT molecular complexity index is 342. The second kappa shape index (κ2) is 6.34. The molecule has 0 saturated heterocycles. The second-order valence-electron chi connectivity index (χ2n) is 5.17. The van der Waals surface area contributed by atoms with Crippen LogP contribution >= 0.6 is 0 Å². The minimum Gasteiger partial charge on any atom is -0.462 e. The summed E-state index contributed by atoms with van der Waals surface area (Å²) in [4.78, 5) is 22.8. The van der Waals surface area contributed by atoms with Gasteiger partial charge in [0, 0.05) is 5.92 Å². The van der Waals surface area contributed by atoms with E-state index in [9.17, 15) is 9.59 Å². The third kappa shape index (κ3) is 3.25. The van der Waals surface area contributed by atoms with Crippen molar-refractivity contribution >= 4 is 11.9 Å². The van der Waals surface area contributed by atoms with E-state index in [0.29, 0.717) is 0 Å². The fourth-order valence-electron chi connectivity index (χ4n) is 3.15. The van der Waals surface area contributed by atoms with E-state index in [1.807, 2.05) is 0 Å². The zero-order valence-electron chi connectivity index (χ0n) is 10.8. The van der Waals surface area contributed by atoms with Gasteiger partial charge in [-0.15, -0.1) is 0 Å². The number of rotatable bonds is 6. The molecule has 2 fully saturated rings. The molecule has 0 heterocycles. The average Bonchev–Trinajstić information content (AvgIpc) is 2.86. The molecule has 4 unspecified atom stereocenters. The maximum atomic E-state index is 11.4. The van der Waals surface area contributed by atoms with Crippen LogP contribution in [0.1, 0.15) is 32.1 Å². The number of aliphatic hydroxyl groups excluding tert-OH is 2. The number of esters is 2. The minimum absolute atomic E-state index is 0.00283. The highest BCUT2D eigenvalue weighted by molar-refractivity contribution is 5.70. The zero-order valence-corrected chi connectivity index (χ0v) is 10.8. The normalized spacial score (nSPS) is 32.3. The number of fused-ring (bicyclic) bond motifs is 2. The Labute approximate surface area is 111 Å². The fraction of sp³-hybridized carbons (Fsp3) is 0.846. The number of aliphatic hydroxyl groups is 2. The summed E-state index contributed by atoms with van der Waals surface area (Å²) in [6.45, 7) is -0.426. The Morgan fingerprint density at radius 3 is 2.26 bits per heavy atom. The van der Waals surface area contributed by atoms with Gasteiger partial charge in [0.15, 0.2) is 0 Å². The van der Waals surface area contributed by atoms with Gasteiger partial charge in [-0.25, -0.2) is 0 Å². The molecule has 0 radical (unpaired) electrons. The van der Waals surface area contributed by atoms with Gasteiger partial charge in [-0.3, -0.25) is 9.59 Å². The maximum absolute atomic E-state index is 11.4. The van der Waals surface area contributed by atoms with E-state index in [1.165, 1.54) is 0 Å². The van der Waals surface area contributed by atoms with Crippen LogP contribution in [0.4, 0.5) is 0 Å². The predicted molar refractivity (Wildman–Crippen MR) is 64.0 cm³/mol. The lowest BCUT2D eigenvalue weighted by atomic mass is 9.98. The van der Waals surface area contributed by atoms with Crippen LogP contribution in [0.2, 0.25) is 0 Å². The zero-order chi connectivity index (χ0) is 13.8. The molecule has 0 amide bonds. The first-order valence-corrected chi connectivity index (χ1v) is 6.76. The third-order valence-electron chi connectivity index (χ3n) is 3.95. The van der Waals surface area contributed by atoms with Crippen molar-refractivity contribution in [2.45, 2.75) is 44.3 Å². The second-order valence-corrected chi connectivity index (χ2v) is 5.17. The largest absolute Gasteiger partial charge is 0.462 e. The highest BCUT2D eigenvalue weighted by Gasteiger charge is 2.51. The first kappa shape index (κ1) is 14.3. The van der Waals surface area contributed by atoms with E-state index >= 15 is 0 Å². The maximum Gasteiger partial charge on any atom is 0.308 e. The smallest absolute Gasteiger partial charge is 0.308 e. The Balaban J connectivity index is 1.87. The van der Waals surface area contributed by atoms with Crippen LogP contribution < -0.4 is 0 Å². The lowest BCUT2D eigenvalue weighted by Gasteiger charge is -2.22. The number of hydrogen-bond donors (Lipinski definition) is 2.